The van der Waals surface area contributed by atoms with E-state index >= 15 is 0 Å². The van der Waals surface area contributed by atoms with Gasteiger partial charge in [0.2, 0.25) is 5.43 Å². The molecule has 3 rings (SSSR count). The van der Waals surface area contributed by atoms with Crippen LogP contribution in [0.5, 0.6) is 0 Å². The number of nitrogens with zero attached hydrogens (tertiary/aromatic N) is 1. The summed E-state index contributed by atoms with van der Waals surface area (Å²) < 4.78 is 42.0. The van der Waals surface area contributed by atoms with Crippen molar-refractivity contribution in [1.29, 1.82) is 0 Å². The van der Waals surface area contributed by atoms with Crippen LogP contribution in [0.25, 0.3) is 10.9 Å². The van der Waals surface area contributed by atoms with Crippen molar-refractivity contribution in [2.24, 2.45) is 5.90 Å². The van der Waals surface area contributed by atoms with Crippen molar-refractivity contribution in [2.45, 2.75) is 18.9 Å². The second-order valence-electron chi connectivity index (χ2n) is 4.80. The smallest absolute Gasteiger partial charge is 0.362 e. The van der Waals surface area contributed by atoms with Gasteiger partial charge in [-0.1, -0.05) is 0 Å². The van der Waals surface area contributed by atoms with Crippen LogP contribution < -0.4 is 11.3 Å². The van der Waals surface area contributed by atoms with Gasteiger partial charge in [-0.2, -0.15) is 5.90 Å². The molecule has 0 spiro atoms. The van der Waals surface area contributed by atoms with Crippen molar-refractivity contribution in [1.82, 2.24) is 4.57 Å². The molecule has 0 aliphatic heterocycles. The topological polar surface area (TPSA) is 74.3 Å². The minimum atomic E-state index is -1.66. The number of hydrogen-bond donors (Lipinski definition) is 1. The summed E-state index contributed by atoms with van der Waals surface area (Å²) in [5, 5.41) is -0.429. The van der Waals surface area contributed by atoms with E-state index in [2.05, 4.69) is 4.84 Å². The van der Waals surface area contributed by atoms with E-state index in [0.29, 0.717) is 18.9 Å². The number of aromatic nitrogens is 1. The zero-order valence-electron chi connectivity index (χ0n) is 10.5. The van der Waals surface area contributed by atoms with Gasteiger partial charge in [0.1, 0.15) is 5.56 Å². The summed E-state index contributed by atoms with van der Waals surface area (Å²) in [6.45, 7) is 0. The number of halogens is 3. The second kappa shape index (κ2) is 4.59. The number of hydrogen-bond acceptors (Lipinski definition) is 4. The standard InChI is InChI=1S/C13H9F3N2O3/c14-8-3-6-11(10(16)9(8)15)18(5-1-2-5)4-7(12(6)19)13(20)21-17/h3-5H,1-2,17H2. The highest BCUT2D eigenvalue weighted by atomic mass is 19.2. The molecule has 1 aromatic carbocycles. The molecule has 110 valence electrons. The van der Waals surface area contributed by atoms with Crippen LogP contribution >= 0.6 is 0 Å². The van der Waals surface area contributed by atoms with Crippen molar-refractivity contribution in [3.05, 3.63) is 45.5 Å². The molecule has 1 aromatic heterocycles. The van der Waals surface area contributed by atoms with Crippen LogP contribution in [0.3, 0.4) is 0 Å². The molecule has 2 aromatic rings. The Balaban J connectivity index is 2.47. The summed E-state index contributed by atoms with van der Waals surface area (Å²) in [7, 11) is 0. The van der Waals surface area contributed by atoms with E-state index in [1.165, 1.54) is 4.57 Å². The van der Waals surface area contributed by atoms with Gasteiger partial charge in [0.15, 0.2) is 17.5 Å². The summed E-state index contributed by atoms with van der Waals surface area (Å²) in [5.74, 6) is -1.01. The molecule has 8 heteroatoms. The Morgan fingerprint density at radius 1 is 1.29 bits per heavy atom. The van der Waals surface area contributed by atoms with Gasteiger partial charge in [-0.25, -0.2) is 18.0 Å². The SMILES string of the molecule is NOC(=O)c1cn(C2CC2)c2c(F)c(F)c(F)cc2c1=O. The molecule has 0 amide bonds. The molecule has 5 nitrogen and oxygen atoms in total. The van der Waals surface area contributed by atoms with Crippen LogP contribution in [0.4, 0.5) is 13.2 Å². The molecule has 0 bridgehead atoms. The fourth-order valence-electron chi connectivity index (χ4n) is 2.27. The highest BCUT2D eigenvalue weighted by Crippen LogP contribution is 2.38. The summed E-state index contributed by atoms with van der Waals surface area (Å²) in [5.41, 5.74) is -1.78. The fourth-order valence-corrected chi connectivity index (χ4v) is 2.27. The van der Waals surface area contributed by atoms with Gasteiger partial charge >= 0.3 is 5.97 Å². The lowest BCUT2D eigenvalue weighted by atomic mass is 10.1. The summed E-state index contributed by atoms with van der Waals surface area (Å²) in [4.78, 5) is 27.6. The van der Waals surface area contributed by atoms with E-state index in [1.807, 2.05) is 0 Å². The Morgan fingerprint density at radius 2 is 1.95 bits per heavy atom. The highest BCUT2D eigenvalue weighted by molar-refractivity contribution is 5.93. The van der Waals surface area contributed by atoms with Gasteiger partial charge in [-0.15, -0.1) is 0 Å². The predicted octanol–water partition coefficient (Wildman–Crippen LogP) is 1.78. The van der Waals surface area contributed by atoms with Gasteiger partial charge in [0.05, 0.1) is 10.9 Å². The van der Waals surface area contributed by atoms with E-state index in [4.69, 9.17) is 5.90 Å². The fraction of sp³-hybridized carbons (Fsp3) is 0.231. The van der Waals surface area contributed by atoms with Crippen molar-refractivity contribution < 1.29 is 22.8 Å². The number of carbonyl (C=O) groups is 1. The van der Waals surface area contributed by atoms with Crippen LogP contribution in [-0.4, -0.2) is 10.5 Å². The largest absolute Gasteiger partial charge is 0.369 e. The Labute approximate surface area is 115 Å². The third kappa shape index (κ3) is 1.99. The Bertz CT molecular complexity index is 828. The normalized spacial score (nSPS) is 14.5. The first-order chi connectivity index (χ1) is 9.95. The molecule has 2 N–H and O–H groups in total. The molecule has 1 aliphatic carbocycles. The maximum absolute atomic E-state index is 14.0. The maximum atomic E-state index is 14.0. The number of fused-ring (bicyclic) bond motifs is 1. The molecule has 0 atom stereocenters. The molecular formula is C13H9F3N2O3. The predicted molar refractivity (Wildman–Crippen MR) is 66.0 cm³/mol. The van der Waals surface area contributed by atoms with Crippen molar-refractivity contribution in [2.75, 3.05) is 0 Å². The third-order valence-corrected chi connectivity index (χ3v) is 3.42. The van der Waals surface area contributed by atoms with E-state index < -0.39 is 39.8 Å². The molecule has 0 saturated heterocycles. The average Bonchev–Trinajstić information content (AvgIpc) is 3.29. The van der Waals surface area contributed by atoms with Crippen molar-refractivity contribution in [3.8, 4) is 0 Å². The molecule has 1 saturated carbocycles. The van der Waals surface area contributed by atoms with E-state index in [9.17, 15) is 22.8 Å². The van der Waals surface area contributed by atoms with Gasteiger partial charge in [-0.3, -0.25) is 4.79 Å². The molecule has 0 unspecified atom stereocenters. The van der Waals surface area contributed by atoms with Crippen LogP contribution in [-0.2, 0) is 4.84 Å². The second-order valence-corrected chi connectivity index (χ2v) is 4.80. The monoisotopic (exact) mass is 298 g/mol. The average molecular weight is 298 g/mol. The van der Waals surface area contributed by atoms with Gasteiger partial charge in [0.25, 0.3) is 0 Å². The Hall–Kier alpha value is -2.35. The molecule has 0 radical (unpaired) electrons. The Morgan fingerprint density at radius 3 is 2.52 bits per heavy atom. The zero-order chi connectivity index (χ0) is 15.3. The molecule has 1 heterocycles. The molecule has 1 fully saturated rings. The van der Waals surface area contributed by atoms with E-state index in [1.54, 1.807) is 0 Å². The number of rotatable bonds is 2. The summed E-state index contributed by atoms with van der Waals surface area (Å²) in [6.07, 6.45) is 2.42. The molecule has 1 aliphatic rings. The first kappa shape index (κ1) is 13.6. The van der Waals surface area contributed by atoms with E-state index in [-0.39, 0.29) is 11.6 Å². The quantitative estimate of drug-likeness (QED) is 0.677. The zero-order valence-corrected chi connectivity index (χ0v) is 10.5. The first-order valence-electron chi connectivity index (χ1n) is 6.09. The van der Waals surface area contributed by atoms with Crippen LogP contribution in [0.2, 0.25) is 0 Å². The summed E-state index contributed by atoms with van der Waals surface area (Å²) >= 11 is 0. The van der Waals surface area contributed by atoms with Crippen molar-refractivity contribution in [3.63, 3.8) is 0 Å². The molecular weight excluding hydrogens is 289 g/mol. The van der Waals surface area contributed by atoms with Crippen LogP contribution in [0.1, 0.15) is 29.2 Å². The lowest BCUT2D eigenvalue weighted by Gasteiger charge is -2.13. The maximum Gasteiger partial charge on any atom is 0.362 e. The van der Waals surface area contributed by atoms with Gasteiger partial charge in [0, 0.05) is 12.2 Å². The van der Waals surface area contributed by atoms with E-state index in [0.717, 1.165) is 6.20 Å². The first-order valence-corrected chi connectivity index (χ1v) is 6.09. The minimum Gasteiger partial charge on any atom is -0.369 e. The number of carbonyl (C=O) groups excluding carboxylic acids is 1. The van der Waals surface area contributed by atoms with Crippen molar-refractivity contribution >= 4 is 16.9 Å². The van der Waals surface area contributed by atoms with Gasteiger partial charge < -0.3 is 9.40 Å². The van der Waals surface area contributed by atoms with Crippen LogP contribution in [0.15, 0.2) is 17.1 Å². The third-order valence-electron chi connectivity index (χ3n) is 3.42. The van der Waals surface area contributed by atoms with Crippen LogP contribution in [0, 0.1) is 17.5 Å². The molecule has 21 heavy (non-hydrogen) atoms. The minimum absolute atomic E-state index is 0.184. The lowest BCUT2D eigenvalue weighted by molar-refractivity contribution is 0.0501. The number of nitrogens with two attached hydrogens (primary N) is 1. The summed E-state index contributed by atoms with van der Waals surface area (Å²) in [6, 6.07) is 0.388. The lowest BCUT2D eigenvalue weighted by Crippen LogP contribution is -2.23. The Kier molecular flexibility index (Phi) is 2.98. The number of benzene rings is 1. The van der Waals surface area contributed by atoms with Gasteiger partial charge in [-0.05, 0) is 18.9 Å². The number of pyridine rings is 1. The highest BCUT2D eigenvalue weighted by Gasteiger charge is 2.30.